The second kappa shape index (κ2) is 6.27. The highest BCUT2D eigenvalue weighted by Gasteiger charge is 2.26. The van der Waals surface area contributed by atoms with Crippen LogP contribution in [0.3, 0.4) is 0 Å². The van der Waals surface area contributed by atoms with Crippen LogP contribution in [0.15, 0.2) is 42.5 Å². The monoisotopic (exact) mass is 285 g/mol. The van der Waals surface area contributed by atoms with Crippen molar-refractivity contribution < 1.29 is 9.13 Å². The van der Waals surface area contributed by atoms with E-state index < -0.39 is 0 Å². The van der Waals surface area contributed by atoms with Crippen molar-refractivity contribution in [2.24, 2.45) is 0 Å². The first-order valence-electron chi connectivity index (χ1n) is 7.47. The van der Waals surface area contributed by atoms with Crippen molar-refractivity contribution in [1.29, 1.82) is 0 Å². The van der Waals surface area contributed by atoms with Crippen LogP contribution in [0.4, 0.5) is 4.39 Å². The van der Waals surface area contributed by atoms with Crippen molar-refractivity contribution in [3.8, 4) is 5.75 Å². The molecule has 0 aromatic heterocycles. The fourth-order valence-corrected chi connectivity index (χ4v) is 2.74. The molecule has 0 saturated carbocycles. The summed E-state index contributed by atoms with van der Waals surface area (Å²) in [7, 11) is 0. The molecule has 1 aliphatic rings. The average molecular weight is 285 g/mol. The summed E-state index contributed by atoms with van der Waals surface area (Å²) in [6.45, 7) is 4.13. The molecular formula is C18H20FNO. The van der Waals surface area contributed by atoms with E-state index in [0.717, 1.165) is 18.5 Å². The highest BCUT2D eigenvalue weighted by molar-refractivity contribution is 5.40. The molecule has 110 valence electrons. The Balaban J connectivity index is 1.59. The van der Waals surface area contributed by atoms with E-state index in [0.29, 0.717) is 24.8 Å². The van der Waals surface area contributed by atoms with Crippen molar-refractivity contribution in [3.63, 3.8) is 0 Å². The molecule has 0 fully saturated rings. The van der Waals surface area contributed by atoms with Crippen molar-refractivity contribution in [3.05, 3.63) is 65.0 Å². The van der Waals surface area contributed by atoms with Gasteiger partial charge in [-0.05, 0) is 41.8 Å². The van der Waals surface area contributed by atoms with Gasteiger partial charge in [-0.3, -0.25) is 0 Å². The summed E-state index contributed by atoms with van der Waals surface area (Å²) >= 11 is 0. The number of hydrogen-bond acceptors (Lipinski definition) is 2. The molecule has 0 saturated heterocycles. The van der Waals surface area contributed by atoms with Crippen LogP contribution in [0.1, 0.15) is 29.5 Å². The van der Waals surface area contributed by atoms with E-state index in [4.69, 9.17) is 4.74 Å². The van der Waals surface area contributed by atoms with Crippen LogP contribution in [0.25, 0.3) is 0 Å². The fourth-order valence-electron chi connectivity index (χ4n) is 2.74. The molecule has 2 aromatic carbocycles. The molecule has 21 heavy (non-hydrogen) atoms. The van der Waals surface area contributed by atoms with Gasteiger partial charge in [0.2, 0.25) is 0 Å². The van der Waals surface area contributed by atoms with Gasteiger partial charge in [0.1, 0.15) is 0 Å². The van der Waals surface area contributed by atoms with E-state index in [9.17, 15) is 4.39 Å². The summed E-state index contributed by atoms with van der Waals surface area (Å²) in [5.74, 6) is 0.458. The standard InChI is InChI=1S/C18H20FNO/c1-2-20-11-13-7-8-18(17(19)9-13)21-12-15-10-14-5-3-4-6-16(14)15/h3-9,15,20H,2,10-12H2,1H3. The van der Waals surface area contributed by atoms with E-state index in [-0.39, 0.29) is 5.82 Å². The van der Waals surface area contributed by atoms with Crippen molar-refractivity contribution in [2.75, 3.05) is 13.2 Å². The van der Waals surface area contributed by atoms with Gasteiger partial charge in [-0.2, -0.15) is 0 Å². The first kappa shape index (κ1) is 14.1. The third kappa shape index (κ3) is 3.08. The van der Waals surface area contributed by atoms with E-state index in [1.807, 2.05) is 19.1 Å². The van der Waals surface area contributed by atoms with Crippen LogP contribution in [-0.2, 0) is 13.0 Å². The molecule has 2 nitrogen and oxygen atoms in total. The molecule has 1 aliphatic carbocycles. The first-order valence-corrected chi connectivity index (χ1v) is 7.47. The van der Waals surface area contributed by atoms with E-state index in [1.54, 1.807) is 12.1 Å². The van der Waals surface area contributed by atoms with Gasteiger partial charge in [-0.15, -0.1) is 0 Å². The molecule has 0 bridgehead atoms. The predicted octanol–water partition coefficient (Wildman–Crippen LogP) is 3.65. The third-order valence-corrected chi connectivity index (χ3v) is 3.98. The Labute approximate surface area is 125 Å². The normalized spacial score (nSPS) is 16.2. The van der Waals surface area contributed by atoms with E-state index in [1.165, 1.54) is 11.1 Å². The lowest BCUT2D eigenvalue weighted by molar-refractivity contribution is 0.263. The molecule has 1 unspecified atom stereocenters. The summed E-state index contributed by atoms with van der Waals surface area (Å²) in [4.78, 5) is 0. The molecule has 0 radical (unpaired) electrons. The fraction of sp³-hybridized carbons (Fsp3) is 0.333. The van der Waals surface area contributed by atoms with Crippen LogP contribution in [0.2, 0.25) is 0 Å². The second-order valence-electron chi connectivity index (χ2n) is 5.46. The lowest BCUT2D eigenvalue weighted by atomic mass is 9.78. The quantitative estimate of drug-likeness (QED) is 0.874. The van der Waals surface area contributed by atoms with Crippen LogP contribution >= 0.6 is 0 Å². The Hall–Kier alpha value is -1.87. The van der Waals surface area contributed by atoms with Crippen LogP contribution in [-0.4, -0.2) is 13.2 Å². The Bertz CT molecular complexity index is 626. The molecule has 1 atom stereocenters. The van der Waals surface area contributed by atoms with Gasteiger partial charge < -0.3 is 10.1 Å². The summed E-state index contributed by atoms with van der Waals surface area (Å²) in [5.41, 5.74) is 3.66. The van der Waals surface area contributed by atoms with Crippen molar-refractivity contribution in [2.45, 2.75) is 25.8 Å². The molecule has 0 heterocycles. The summed E-state index contributed by atoms with van der Waals surface area (Å²) in [5, 5.41) is 3.18. The van der Waals surface area contributed by atoms with Gasteiger partial charge in [0.05, 0.1) is 6.61 Å². The average Bonchev–Trinajstić information content (AvgIpc) is 2.48. The number of halogens is 1. The summed E-state index contributed by atoms with van der Waals surface area (Å²) in [6.07, 6.45) is 1.02. The maximum Gasteiger partial charge on any atom is 0.165 e. The molecule has 1 N–H and O–H groups in total. The van der Waals surface area contributed by atoms with Gasteiger partial charge in [0, 0.05) is 12.5 Å². The van der Waals surface area contributed by atoms with E-state index >= 15 is 0 Å². The smallest absolute Gasteiger partial charge is 0.165 e. The zero-order chi connectivity index (χ0) is 14.7. The summed E-state index contributed by atoms with van der Waals surface area (Å²) < 4.78 is 19.7. The van der Waals surface area contributed by atoms with E-state index in [2.05, 4.69) is 23.5 Å². The zero-order valence-electron chi connectivity index (χ0n) is 12.2. The van der Waals surface area contributed by atoms with Crippen LogP contribution in [0, 0.1) is 5.82 Å². The zero-order valence-corrected chi connectivity index (χ0v) is 12.2. The van der Waals surface area contributed by atoms with Crippen LogP contribution < -0.4 is 10.1 Å². The number of benzene rings is 2. The Kier molecular flexibility index (Phi) is 4.20. The Morgan fingerprint density at radius 1 is 1.24 bits per heavy atom. The lowest BCUT2D eigenvalue weighted by Crippen LogP contribution is -2.23. The third-order valence-electron chi connectivity index (χ3n) is 3.98. The topological polar surface area (TPSA) is 21.3 Å². The minimum absolute atomic E-state index is 0.280. The summed E-state index contributed by atoms with van der Waals surface area (Å²) in [6, 6.07) is 13.6. The van der Waals surface area contributed by atoms with Crippen LogP contribution in [0.5, 0.6) is 5.75 Å². The van der Waals surface area contributed by atoms with Crippen molar-refractivity contribution in [1.82, 2.24) is 5.32 Å². The number of rotatable bonds is 6. The molecule has 2 aromatic rings. The lowest BCUT2D eigenvalue weighted by Gasteiger charge is -2.29. The van der Waals surface area contributed by atoms with Crippen molar-refractivity contribution >= 4 is 0 Å². The van der Waals surface area contributed by atoms with Gasteiger partial charge in [-0.25, -0.2) is 4.39 Å². The SMILES string of the molecule is CCNCc1ccc(OCC2Cc3ccccc32)c(F)c1. The number of ether oxygens (including phenoxy) is 1. The molecular weight excluding hydrogens is 265 g/mol. The highest BCUT2D eigenvalue weighted by atomic mass is 19.1. The van der Waals surface area contributed by atoms with Gasteiger partial charge in [0.15, 0.2) is 11.6 Å². The van der Waals surface area contributed by atoms with Gasteiger partial charge >= 0.3 is 0 Å². The highest BCUT2D eigenvalue weighted by Crippen LogP contribution is 2.35. The van der Waals surface area contributed by atoms with Gasteiger partial charge in [-0.1, -0.05) is 37.3 Å². The largest absolute Gasteiger partial charge is 0.490 e. The molecule has 0 amide bonds. The Morgan fingerprint density at radius 2 is 2.10 bits per heavy atom. The van der Waals surface area contributed by atoms with Gasteiger partial charge in [0.25, 0.3) is 0 Å². The maximum atomic E-state index is 14.0. The predicted molar refractivity (Wildman–Crippen MR) is 82.2 cm³/mol. The number of nitrogens with one attached hydrogen (secondary N) is 1. The molecule has 3 heteroatoms. The molecule has 3 rings (SSSR count). The number of fused-ring (bicyclic) bond motifs is 1. The minimum atomic E-state index is -0.280. The maximum absolute atomic E-state index is 14.0. The Morgan fingerprint density at radius 3 is 2.86 bits per heavy atom. The molecule has 0 spiro atoms. The second-order valence-corrected chi connectivity index (χ2v) is 5.46. The minimum Gasteiger partial charge on any atom is -0.490 e. The first-order chi connectivity index (χ1) is 10.3. The number of hydrogen-bond donors (Lipinski definition) is 1. The molecule has 0 aliphatic heterocycles.